The number of benzene rings is 2. The van der Waals surface area contributed by atoms with Crippen molar-refractivity contribution >= 4 is 39.6 Å². The molecule has 0 bridgehead atoms. The van der Waals surface area contributed by atoms with E-state index in [4.69, 9.17) is 4.74 Å². The Kier molecular flexibility index (Phi) is 5.54. The molecular formula is C23H21BrN4O3S. The van der Waals surface area contributed by atoms with Crippen LogP contribution >= 0.6 is 27.7 Å². The molecule has 0 spiro atoms. The first-order valence-electron chi connectivity index (χ1n) is 10.3. The molecule has 1 aromatic heterocycles. The zero-order chi connectivity index (χ0) is 22.3. The number of halogens is 1. The maximum Gasteiger partial charge on any atom is 0.331 e. The largest absolute Gasteiger partial charge is 0.451 e. The van der Waals surface area contributed by atoms with E-state index in [0.29, 0.717) is 6.54 Å². The number of alkyl halides is 1. The van der Waals surface area contributed by atoms with Gasteiger partial charge < -0.3 is 9.64 Å². The van der Waals surface area contributed by atoms with E-state index in [1.165, 1.54) is 0 Å². The molecule has 0 unspecified atom stereocenters. The van der Waals surface area contributed by atoms with Gasteiger partial charge in [-0.1, -0.05) is 81.8 Å². The first-order valence-corrected chi connectivity index (χ1v) is 12.1. The second-order valence-electron chi connectivity index (χ2n) is 8.11. The molecular weight excluding hydrogens is 492 g/mol. The van der Waals surface area contributed by atoms with Crippen LogP contribution in [0.4, 0.5) is 0 Å². The van der Waals surface area contributed by atoms with E-state index in [0.717, 1.165) is 11.1 Å². The van der Waals surface area contributed by atoms with Gasteiger partial charge in [-0.25, -0.2) is 4.79 Å². The van der Waals surface area contributed by atoms with Crippen LogP contribution in [-0.2, 0) is 20.9 Å². The van der Waals surface area contributed by atoms with Crippen LogP contribution in [0.25, 0.3) is 0 Å². The van der Waals surface area contributed by atoms with Crippen LogP contribution in [0.1, 0.15) is 24.2 Å². The number of hydrogen-bond acceptors (Lipinski definition) is 6. The number of amides is 1. The maximum absolute atomic E-state index is 13.7. The molecule has 3 aromatic rings. The van der Waals surface area contributed by atoms with E-state index in [9.17, 15) is 9.59 Å². The molecule has 2 aliphatic heterocycles. The molecule has 2 aliphatic rings. The summed E-state index contributed by atoms with van der Waals surface area (Å²) in [7, 11) is 0. The molecule has 2 saturated heterocycles. The number of thioether (sulfide) groups is 1. The normalized spacial score (nSPS) is 26.7. The SMILES string of the molecule is C[C@@]1(Cn2ccnn2)S[C@@H]2[C@@H](Br)C(=O)N2[C@H]1C(=O)OC(c1ccccc1)c1ccccc1. The van der Waals surface area contributed by atoms with Crippen LogP contribution in [-0.4, -0.2) is 52.8 Å². The monoisotopic (exact) mass is 512 g/mol. The van der Waals surface area contributed by atoms with Crippen molar-refractivity contribution < 1.29 is 14.3 Å². The van der Waals surface area contributed by atoms with Gasteiger partial charge in [0.05, 0.1) is 17.5 Å². The second kappa shape index (κ2) is 8.37. The summed E-state index contributed by atoms with van der Waals surface area (Å²) in [5.41, 5.74) is 1.75. The fourth-order valence-electron chi connectivity index (χ4n) is 4.36. The van der Waals surface area contributed by atoms with Crippen molar-refractivity contribution in [3.05, 3.63) is 84.2 Å². The minimum absolute atomic E-state index is 0.0947. The van der Waals surface area contributed by atoms with E-state index >= 15 is 0 Å². The molecule has 4 atom stereocenters. The number of hydrogen-bond donors (Lipinski definition) is 0. The number of carbonyl (C=O) groups excluding carboxylic acids is 2. The Bertz CT molecular complexity index is 1080. The molecule has 0 saturated carbocycles. The lowest BCUT2D eigenvalue weighted by Gasteiger charge is -2.41. The van der Waals surface area contributed by atoms with Crippen LogP contribution in [0.2, 0.25) is 0 Å². The standard InChI is InChI=1S/C23H21BrN4O3S/c1-23(14-27-13-12-25-26-27)19(28-20(29)17(24)21(28)32-23)22(30)31-18(15-8-4-2-5-9-15)16-10-6-3-7-11-16/h2-13,17-19,21H,14H2,1H3/t17-,19-,21+,23-/m0/s1. The van der Waals surface area contributed by atoms with E-state index in [2.05, 4.69) is 26.2 Å². The lowest BCUT2D eigenvalue weighted by molar-refractivity contribution is -0.163. The summed E-state index contributed by atoms with van der Waals surface area (Å²) in [4.78, 5) is 27.7. The Labute approximate surface area is 198 Å². The smallest absolute Gasteiger partial charge is 0.331 e. The van der Waals surface area contributed by atoms with E-state index in [-0.39, 0.29) is 16.1 Å². The highest BCUT2D eigenvalue weighted by Crippen LogP contribution is 2.54. The van der Waals surface area contributed by atoms with E-state index in [1.807, 2.05) is 67.6 Å². The molecule has 9 heteroatoms. The molecule has 0 aliphatic carbocycles. The topological polar surface area (TPSA) is 77.3 Å². The fraction of sp³-hybridized carbons (Fsp3) is 0.304. The highest BCUT2D eigenvalue weighted by molar-refractivity contribution is 9.10. The molecule has 7 nitrogen and oxygen atoms in total. The van der Waals surface area contributed by atoms with Crippen LogP contribution in [0.15, 0.2) is 73.1 Å². The quantitative estimate of drug-likeness (QED) is 0.286. The van der Waals surface area contributed by atoms with Gasteiger partial charge in [0.15, 0.2) is 6.10 Å². The fourth-order valence-corrected chi connectivity index (χ4v) is 6.85. The molecule has 2 fully saturated rings. The van der Waals surface area contributed by atoms with Gasteiger partial charge in [0, 0.05) is 6.20 Å². The second-order valence-corrected chi connectivity index (χ2v) is 10.7. The summed E-state index contributed by atoms with van der Waals surface area (Å²) in [5.74, 6) is -0.518. The minimum Gasteiger partial charge on any atom is -0.451 e. The van der Waals surface area contributed by atoms with Gasteiger partial charge in [-0.15, -0.1) is 16.9 Å². The van der Waals surface area contributed by atoms with Crippen LogP contribution < -0.4 is 0 Å². The third-order valence-electron chi connectivity index (χ3n) is 5.87. The number of ether oxygens (including phenoxy) is 1. The molecule has 3 heterocycles. The predicted molar refractivity (Wildman–Crippen MR) is 124 cm³/mol. The Balaban J connectivity index is 1.48. The molecule has 32 heavy (non-hydrogen) atoms. The minimum atomic E-state index is -0.738. The number of rotatable bonds is 6. The van der Waals surface area contributed by atoms with Gasteiger partial charge in [0.1, 0.15) is 16.2 Å². The zero-order valence-electron chi connectivity index (χ0n) is 17.2. The number of nitrogens with zero attached hydrogens (tertiary/aromatic N) is 4. The summed E-state index contributed by atoms with van der Waals surface area (Å²) in [6, 6.07) is 18.6. The third-order valence-corrected chi connectivity index (χ3v) is 8.75. The Morgan fingerprint density at radius 2 is 1.78 bits per heavy atom. The first-order chi connectivity index (χ1) is 15.5. The summed E-state index contributed by atoms with van der Waals surface area (Å²) in [5, 5.41) is 7.82. The van der Waals surface area contributed by atoms with Crippen molar-refractivity contribution in [3.63, 3.8) is 0 Å². The van der Waals surface area contributed by atoms with Crippen LogP contribution in [0.3, 0.4) is 0 Å². The Morgan fingerprint density at radius 3 is 2.34 bits per heavy atom. The number of β-lactam (4-membered cyclic amide) rings is 1. The van der Waals surface area contributed by atoms with Crippen molar-refractivity contribution in [3.8, 4) is 0 Å². The lowest BCUT2D eigenvalue weighted by Crippen LogP contribution is -2.64. The molecule has 1 amide bonds. The molecule has 2 aromatic carbocycles. The Hall–Kier alpha value is -2.65. The average molecular weight is 513 g/mol. The highest BCUT2D eigenvalue weighted by atomic mass is 79.9. The van der Waals surface area contributed by atoms with Gasteiger partial charge in [-0.2, -0.15) is 0 Å². The van der Waals surface area contributed by atoms with Crippen molar-refractivity contribution in [1.29, 1.82) is 0 Å². The van der Waals surface area contributed by atoms with Crippen molar-refractivity contribution in [2.24, 2.45) is 0 Å². The third kappa shape index (κ3) is 3.63. The van der Waals surface area contributed by atoms with E-state index < -0.39 is 22.9 Å². The number of fused-ring (bicyclic) bond motifs is 1. The molecule has 164 valence electrons. The van der Waals surface area contributed by atoms with E-state index in [1.54, 1.807) is 33.7 Å². The molecule has 5 rings (SSSR count). The summed E-state index contributed by atoms with van der Waals surface area (Å²) < 4.78 is 7.22. The van der Waals surface area contributed by atoms with Crippen molar-refractivity contribution in [1.82, 2.24) is 19.9 Å². The number of aromatic nitrogens is 3. The zero-order valence-corrected chi connectivity index (χ0v) is 19.6. The summed E-state index contributed by atoms with van der Waals surface area (Å²) in [6.07, 6.45) is 2.79. The summed E-state index contributed by atoms with van der Waals surface area (Å²) in [6.45, 7) is 2.41. The van der Waals surface area contributed by atoms with Gasteiger partial charge in [0.25, 0.3) is 0 Å². The summed E-state index contributed by atoms with van der Waals surface area (Å²) >= 11 is 5.06. The molecule has 0 radical (unpaired) electrons. The van der Waals surface area contributed by atoms with Gasteiger partial charge in [0.2, 0.25) is 5.91 Å². The van der Waals surface area contributed by atoms with Gasteiger partial charge in [-0.3, -0.25) is 9.48 Å². The predicted octanol–water partition coefficient (Wildman–Crippen LogP) is 3.42. The average Bonchev–Trinajstić information content (AvgIpc) is 3.42. The van der Waals surface area contributed by atoms with Crippen molar-refractivity contribution in [2.45, 2.75) is 40.6 Å². The maximum atomic E-state index is 13.7. The number of carbonyl (C=O) groups is 2. The Morgan fingerprint density at radius 1 is 1.16 bits per heavy atom. The number of esters is 1. The van der Waals surface area contributed by atoms with Gasteiger partial charge in [-0.05, 0) is 18.1 Å². The lowest BCUT2D eigenvalue weighted by atomic mass is 9.95. The van der Waals surface area contributed by atoms with Crippen molar-refractivity contribution in [2.75, 3.05) is 0 Å². The first kappa shape index (κ1) is 21.2. The van der Waals surface area contributed by atoms with Crippen LogP contribution in [0.5, 0.6) is 0 Å². The van der Waals surface area contributed by atoms with Gasteiger partial charge >= 0.3 is 5.97 Å². The molecule has 0 N–H and O–H groups in total. The van der Waals surface area contributed by atoms with Crippen LogP contribution in [0, 0.1) is 0 Å². The highest BCUT2D eigenvalue weighted by Gasteiger charge is 2.65.